The van der Waals surface area contributed by atoms with E-state index in [4.69, 9.17) is 9.26 Å². The predicted molar refractivity (Wildman–Crippen MR) is 103 cm³/mol. The van der Waals surface area contributed by atoms with Crippen LogP contribution in [0.5, 0.6) is 0 Å². The Morgan fingerprint density at radius 3 is 2.29 bits per heavy atom. The van der Waals surface area contributed by atoms with Gasteiger partial charge in [-0.3, -0.25) is 9.59 Å². The Morgan fingerprint density at radius 2 is 1.68 bits per heavy atom. The number of carbonyl (C=O) groups excluding carboxylic acids is 2. The van der Waals surface area contributed by atoms with Crippen LogP contribution in [-0.4, -0.2) is 17.0 Å². The summed E-state index contributed by atoms with van der Waals surface area (Å²) in [6.07, 6.45) is 0.0198. The first-order valence-electron chi connectivity index (χ1n) is 9.03. The van der Waals surface area contributed by atoms with Gasteiger partial charge in [0.25, 0.3) is 5.91 Å². The molecule has 6 heteroatoms. The zero-order valence-corrected chi connectivity index (χ0v) is 15.8. The van der Waals surface area contributed by atoms with E-state index in [1.165, 1.54) is 0 Å². The number of ether oxygens (including phenoxy) is 1. The minimum Gasteiger partial charge on any atom is -0.461 e. The van der Waals surface area contributed by atoms with Crippen molar-refractivity contribution in [3.63, 3.8) is 0 Å². The Balaban J connectivity index is 1.69. The highest BCUT2D eigenvalue weighted by molar-refractivity contribution is 5.94. The highest BCUT2D eigenvalue weighted by Crippen LogP contribution is 2.20. The SMILES string of the molecule is Cc1noc(C)c1COC(=O)CC(NC(=O)c1ccccc1)c1ccccc1. The highest BCUT2D eigenvalue weighted by atomic mass is 16.5. The van der Waals surface area contributed by atoms with Crippen molar-refractivity contribution < 1.29 is 18.8 Å². The molecule has 1 amide bonds. The second kappa shape index (κ2) is 8.99. The summed E-state index contributed by atoms with van der Waals surface area (Å²) in [5.74, 6) is -0.0301. The summed E-state index contributed by atoms with van der Waals surface area (Å²) in [7, 11) is 0. The number of hydrogen-bond donors (Lipinski definition) is 1. The van der Waals surface area contributed by atoms with Gasteiger partial charge in [-0.1, -0.05) is 53.7 Å². The van der Waals surface area contributed by atoms with Crippen LogP contribution in [0.1, 0.15) is 45.4 Å². The number of carbonyl (C=O) groups is 2. The van der Waals surface area contributed by atoms with E-state index in [0.29, 0.717) is 17.0 Å². The number of benzene rings is 2. The molecule has 0 bridgehead atoms. The first-order valence-corrected chi connectivity index (χ1v) is 9.03. The Hall–Kier alpha value is -3.41. The van der Waals surface area contributed by atoms with E-state index in [1.807, 2.05) is 36.4 Å². The van der Waals surface area contributed by atoms with Gasteiger partial charge in [0.05, 0.1) is 23.7 Å². The van der Waals surface area contributed by atoms with Crippen LogP contribution >= 0.6 is 0 Å². The maximum atomic E-state index is 12.6. The summed E-state index contributed by atoms with van der Waals surface area (Å²) in [5, 5.41) is 6.78. The normalized spacial score (nSPS) is 11.6. The Bertz CT molecular complexity index is 916. The van der Waals surface area contributed by atoms with E-state index in [2.05, 4.69) is 10.5 Å². The van der Waals surface area contributed by atoms with E-state index in [1.54, 1.807) is 38.1 Å². The zero-order chi connectivity index (χ0) is 19.9. The molecule has 0 spiro atoms. The van der Waals surface area contributed by atoms with Crippen LogP contribution in [0.3, 0.4) is 0 Å². The second-order valence-electron chi connectivity index (χ2n) is 6.47. The largest absolute Gasteiger partial charge is 0.461 e. The minimum atomic E-state index is -0.494. The minimum absolute atomic E-state index is 0.0198. The number of amides is 1. The van der Waals surface area contributed by atoms with E-state index < -0.39 is 12.0 Å². The van der Waals surface area contributed by atoms with Gasteiger partial charge in [-0.2, -0.15) is 0 Å². The smallest absolute Gasteiger partial charge is 0.308 e. The van der Waals surface area contributed by atoms with Gasteiger partial charge in [0.2, 0.25) is 0 Å². The van der Waals surface area contributed by atoms with Gasteiger partial charge in [-0.05, 0) is 31.5 Å². The number of hydrogen-bond acceptors (Lipinski definition) is 5. The van der Waals surface area contributed by atoms with Crippen LogP contribution in [0.2, 0.25) is 0 Å². The molecule has 1 N–H and O–H groups in total. The van der Waals surface area contributed by atoms with E-state index in [0.717, 1.165) is 11.1 Å². The van der Waals surface area contributed by atoms with Crippen LogP contribution in [-0.2, 0) is 16.1 Å². The number of aromatic nitrogens is 1. The summed E-state index contributed by atoms with van der Waals surface area (Å²) in [4.78, 5) is 25.0. The first kappa shape index (κ1) is 19.4. The van der Waals surface area contributed by atoms with Crippen molar-refractivity contribution in [1.82, 2.24) is 10.5 Å². The molecule has 3 rings (SSSR count). The molecule has 2 aromatic carbocycles. The maximum absolute atomic E-state index is 12.6. The van der Waals surface area contributed by atoms with Crippen LogP contribution in [0.4, 0.5) is 0 Å². The van der Waals surface area contributed by atoms with Crippen molar-refractivity contribution in [2.75, 3.05) is 0 Å². The van der Waals surface area contributed by atoms with Gasteiger partial charge in [0.1, 0.15) is 12.4 Å². The molecule has 6 nitrogen and oxygen atoms in total. The lowest BCUT2D eigenvalue weighted by atomic mass is 10.0. The molecule has 0 saturated heterocycles. The summed E-state index contributed by atoms with van der Waals surface area (Å²) >= 11 is 0. The Morgan fingerprint density at radius 1 is 1.04 bits per heavy atom. The number of aryl methyl sites for hydroxylation is 2. The van der Waals surface area contributed by atoms with Crippen LogP contribution in [0.25, 0.3) is 0 Å². The molecule has 0 aliphatic carbocycles. The molecule has 28 heavy (non-hydrogen) atoms. The third kappa shape index (κ3) is 4.85. The summed E-state index contributed by atoms with van der Waals surface area (Å²) in [6, 6.07) is 17.8. The van der Waals surface area contributed by atoms with E-state index >= 15 is 0 Å². The Kier molecular flexibility index (Phi) is 6.22. The fourth-order valence-electron chi connectivity index (χ4n) is 2.85. The van der Waals surface area contributed by atoms with Crippen LogP contribution < -0.4 is 5.32 Å². The molecule has 1 atom stereocenters. The lowest BCUT2D eigenvalue weighted by molar-refractivity contribution is -0.145. The van der Waals surface area contributed by atoms with Gasteiger partial charge in [0, 0.05) is 5.56 Å². The monoisotopic (exact) mass is 378 g/mol. The molecule has 0 fully saturated rings. The molecule has 0 aliphatic heterocycles. The molecule has 0 radical (unpaired) electrons. The van der Waals surface area contributed by atoms with Crippen molar-refractivity contribution in [3.05, 3.63) is 88.8 Å². The average Bonchev–Trinajstić information content (AvgIpc) is 3.04. The molecule has 1 aromatic heterocycles. The number of nitrogens with zero attached hydrogens (tertiary/aromatic N) is 1. The number of rotatable bonds is 7. The van der Waals surface area contributed by atoms with E-state index in [9.17, 15) is 9.59 Å². The molecular weight excluding hydrogens is 356 g/mol. The summed E-state index contributed by atoms with van der Waals surface area (Å²) in [6.45, 7) is 3.66. The second-order valence-corrected chi connectivity index (χ2v) is 6.47. The van der Waals surface area contributed by atoms with Crippen LogP contribution in [0, 0.1) is 13.8 Å². The third-order valence-electron chi connectivity index (χ3n) is 4.47. The van der Waals surface area contributed by atoms with Gasteiger partial charge >= 0.3 is 5.97 Å². The fraction of sp³-hybridized carbons (Fsp3) is 0.227. The van der Waals surface area contributed by atoms with Gasteiger partial charge in [-0.15, -0.1) is 0 Å². The topological polar surface area (TPSA) is 81.4 Å². The standard InChI is InChI=1S/C22H22N2O4/c1-15-19(16(2)28-24-15)14-27-21(25)13-20(17-9-5-3-6-10-17)23-22(26)18-11-7-4-8-12-18/h3-12,20H,13-14H2,1-2H3,(H,23,26). The molecule has 1 unspecified atom stereocenters. The highest BCUT2D eigenvalue weighted by Gasteiger charge is 2.21. The van der Waals surface area contributed by atoms with Crippen molar-refractivity contribution in [2.24, 2.45) is 0 Å². The maximum Gasteiger partial charge on any atom is 0.308 e. The van der Waals surface area contributed by atoms with E-state index in [-0.39, 0.29) is 18.9 Å². The molecule has 1 heterocycles. The lowest BCUT2D eigenvalue weighted by Gasteiger charge is -2.19. The van der Waals surface area contributed by atoms with Crippen molar-refractivity contribution in [3.8, 4) is 0 Å². The third-order valence-corrected chi connectivity index (χ3v) is 4.47. The molecule has 0 saturated carbocycles. The van der Waals surface area contributed by atoms with Crippen molar-refractivity contribution in [1.29, 1.82) is 0 Å². The fourth-order valence-corrected chi connectivity index (χ4v) is 2.85. The van der Waals surface area contributed by atoms with Crippen molar-refractivity contribution in [2.45, 2.75) is 32.9 Å². The first-order chi connectivity index (χ1) is 13.5. The van der Waals surface area contributed by atoms with Crippen molar-refractivity contribution >= 4 is 11.9 Å². The number of esters is 1. The summed E-state index contributed by atoms with van der Waals surface area (Å²) < 4.78 is 10.5. The quantitative estimate of drug-likeness (QED) is 0.631. The van der Waals surface area contributed by atoms with Crippen LogP contribution in [0.15, 0.2) is 65.2 Å². The average molecular weight is 378 g/mol. The van der Waals surface area contributed by atoms with Gasteiger partial charge in [-0.25, -0.2) is 0 Å². The molecule has 144 valence electrons. The van der Waals surface area contributed by atoms with Gasteiger partial charge in [0.15, 0.2) is 0 Å². The summed E-state index contributed by atoms with van der Waals surface area (Å²) in [5.41, 5.74) is 2.83. The predicted octanol–water partition coefficient (Wildman–Crippen LogP) is 3.90. The van der Waals surface area contributed by atoms with Gasteiger partial charge < -0.3 is 14.6 Å². The Labute approximate surface area is 163 Å². The lowest BCUT2D eigenvalue weighted by Crippen LogP contribution is -2.30. The molecule has 3 aromatic rings. The number of nitrogens with one attached hydrogen (secondary N) is 1. The molecule has 0 aliphatic rings. The zero-order valence-electron chi connectivity index (χ0n) is 15.8. The molecular formula is C22H22N2O4.